The lowest BCUT2D eigenvalue weighted by molar-refractivity contribution is 0.300. The molecule has 3 nitrogen and oxygen atoms in total. The van der Waals surface area contributed by atoms with E-state index in [9.17, 15) is 4.39 Å². The second-order valence-electron chi connectivity index (χ2n) is 5.02. The molecule has 2 N–H and O–H groups in total. The van der Waals surface area contributed by atoms with Gasteiger partial charge in [0.2, 0.25) is 0 Å². The molecule has 0 aliphatic heterocycles. The number of halogens is 3. The van der Waals surface area contributed by atoms with E-state index in [0.717, 1.165) is 0 Å². The molecule has 0 radical (unpaired) electrons. The molecule has 0 amide bonds. The Bertz CT molecular complexity index is 634. The molecule has 6 heteroatoms. The van der Waals surface area contributed by atoms with Crippen LogP contribution < -0.4 is 10.5 Å². The van der Waals surface area contributed by atoms with Crippen molar-refractivity contribution in [3.8, 4) is 5.75 Å². The average Bonchev–Trinajstić information content (AvgIpc) is 2.46. The van der Waals surface area contributed by atoms with Gasteiger partial charge in [0, 0.05) is 17.2 Å². The third-order valence-corrected chi connectivity index (χ3v) is 2.88. The van der Waals surface area contributed by atoms with Crippen LogP contribution >= 0.6 is 24.8 Å². The number of hydrogen-bond donors (Lipinski definition) is 1. The van der Waals surface area contributed by atoms with E-state index >= 15 is 0 Å². The van der Waals surface area contributed by atoms with Crippen LogP contribution in [0.4, 0.5) is 4.39 Å². The van der Waals surface area contributed by atoms with E-state index in [1.165, 1.54) is 6.07 Å². The van der Waals surface area contributed by atoms with Crippen LogP contribution in [0.3, 0.4) is 0 Å². The fourth-order valence-electron chi connectivity index (χ4n) is 1.85. The van der Waals surface area contributed by atoms with Crippen molar-refractivity contribution >= 4 is 30.6 Å². The van der Waals surface area contributed by atoms with Crippen molar-refractivity contribution in [3.63, 3.8) is 0 Å². The number of rotatable bonds is 5. The summed E-state index contributed by atoms with van der Waals surface area (Å²) in [7, 11) is 0. The standard InChI is InChI=1S/C17H19FN2O.2ClH/c1-12(2)20-17(19)13-8-9-14(16(18)10-13)11-21-15-6-4-3-5-7-15;;/h3-10,12H,11H2,1-2H3,(H2,19,20);2*1H. The van der Waals surface area contributed by atoms with Crippen molar-refractivity contribution in [3.05, 3.63) is 65.5 Å². The third-order valence-electron chi connectivity index (χ3n) is 2.88. The van der Waals surface area contributed by atoms with Gasteiger partial charge in [-0.25, -0.2) is 4.39 Å². The van der Waals surface area contributed by atoms with Crippen LogP contribution in [-0.4, -0.2) is 11.9 Å². The molecule has 0 saturated heterocycles. The van der Waals surface area contributed by atoms with Crippen LogP contribution in [0.25, 0.3) is 0 Å². The number of nitrogens with zero attached hydrogens (tertiary/aromatic N) is 1. The van der Waals surface area contributed by atoms with Crippen molar-refractivity contribution in [2.45, 2.75) is 26.5 Å². The van der Waals surface area contributed by atoms with Crippen molar-refractivity contribution in [2.24, 2.45) is 10.7 Å². The second-order valence-corrected chi connectivity index (χ2v) is 5.02. The summed E-state index contributed by atoms with van der Waals surface area (Å²) in [6.45, 7) is 4.02. The lowest BCUT2D eigenvalue weighted by atomic mass is 10.1. The van der Waals surface area contributed by atoms with Crippen molar-refractivity contribution in [1.29, 1.82) is 0 Å². The van der Waals surface area contributed by atoms with Gasteiger partial charge in [-0.15, -0.1) is 24.8 Å². The summed E-state index contributed by atoms with van der Waals surface area (Å²) < 4.78 is 19.6. The quantitative estimate of drug-likeness (QED) is 0.637. The number of ether oxygens (including phenoxy) is 1. The second kappa shape index (κ2) is 10.1. The molecule has 0 bridgehead atoms. The van der Waals surface area contributed by atoms with Crippen LogP contribution in [0, 0.1) is 5.82 Å². The van der Waals surface area contributed by atoms with Gasteiger partial charge < -0.3 is 10.5 Å². The van der Waals surface area contributed by atoms with Gasteiger partial charge in [0.15, 0.2) is 0 Å². The van der Waals surface area contributed by atoms with Gasteiger partial charge in [0.25, 0.3) is 0 Å². The molecule has 0 spiro atoms. The predicted octanol–water partition coefficient (Wildman–Crippen LogP) is 4.36. The minimum Gasteiger partial charge on any atom is -0.489 e. The molecule has 2 aromatic rings. The molecule has 0 saturated carbocycles. The molecular formula is C17H21Cl2FN2O. The molecule has 0 aromatic heterocycles. The maximum absolute atomic E-state index is 14.1. The molecule has 2 aromatic carbocycles. The summed E-state index contributed by atoms with van der Waals surface area (Å²) >= 11 is 0. The van der Waals surface area contributed by atoms with Gasteiger partial charge in [-0.05, 0) is 32.0 Å². The van der Waals surface area contributed by atoms with E-state index in [1.54, 1.807) is 12.1 Å². The number of para-hydroxylation sites is 1. The lowest BCUT2D eigenvalue weighted by Gasteiger charge is -2.09. The SMILES string of the molecule is CC(C)N=C(N)c1ccc(COc2ccccc2)c(F)c1.Cl.Cl. The largest absolute Gasteiger partial charge is 0.489 e. The number of amidine groups is 1. The lowest BCUT2D eigenvalue weighted by Crippen LogP contribution is -2.16. The summed E-state index contributed by atoms with van der Waals surface area (Å²) in [5.41, 5.74) is 6.91. The fourth-order valence-corrected chi connectivity index (χ4v) is 1.85. The summed E-state index contributed by atoms with van der Waals surface area (Å²) in [5, 5.41) is 0. The maximum Gasteiger partial charge on any atom is 0.130 e. The Balaban J connectivity index is 0.00000242. The van der Waals surface area contributed by atoms with Gasteiger partial charge in [-0.3, -0.25) is 4.99 Å². The van der Waals surface area contributed by atoms with Crippen LogP contribution in [0.15, 0.2) is 53.5 Å². The van der Waals surface area contributed by atoms with E-state index in [-0.39, 0.29) is 43.3 Å². The highest BCUT2D eigenvalue weighted by Crippen LogP contribution is 2.15. The summed E-state index contributed by atoms with van der Waals surface area (Å²) in [6, 6.07) is 14.2. The molecule has 0 aliphatic carbocycles. The zero-order valence-corrected chi connectivity index (χ0v) is 14.7. The molecule has 23 heavy (non-hydrogen) atoms. The highest BCUT2D eigenvalue weighted by Gasteiger charge is 2.07. The normalized spacial score (nSPS) is 10.7. The molecule has 0 atom stereocenters. The summed E-state index contributed by atoms with van der Waals surface area (Å²) in [5.74, 6) is 0.714. The zero-order valence-electron chi connectivity index (χ0n) is 13.0. The Hall–Kier alpha value is -1.78. The van der Waals surface area contributed by atoms with Crippen LogP contribution in [-0.2, 0) is 6.61 Å². The first-order valence-corrected chi connectivity index (χ1v) is 6.86. The Labute approximate surface area is 148 Å². The van der Waals surface area contributed by atoms with Crippen LogP contribution in [0.1, 0.15) is 25.0 Å². The van der Waals surface area contributed by atoms with Crippen LogP contribution in [0.2, 0.25) is 0 Å². The molecule has 0 unspecified atom stereocenters. The number of hydrogen-bond acceptors (Lipinski definition) is 2. The van der Waals surface area contributed by atoms with Gasteiger partial charge in [0.05, 0.1) is 0 Å². The number of benzene rings is 2. The maximum atomic E-state index is 14.1. The van der Waals surface area contributed by atoms with E-state index in [2.05, 4.69) is 4.99 Å². The predicted molar refractivity (Wildman–Crippen MR) is 97.5 cm³/mol. The topological polar surface area (TPSA) is 47.6 Å². The number of nitrogens with two attached hydrogens (primary N) is 1. The minimum atomic E-state index is -0.342. The van der Waals surface area contributed by atoms with Crippen molar-refractivity contribution < 1.29 is 9.13 Å². The molecule has 0 fully saturated rings. The first kappa shape index (κ1) is 21.2. The molecule has 2 rings (SSSR count). The Morgan fingerprint density at radius 3 is 2.35 bits per heavy atom. The third kappa shape index (κ3) is 6.47. The van der Waals surface area contributed by atoms with Gasteiger partial charge in [-0.2, -0.15) is 0 Å². The highest BCUT2D eigenvalue weighted by atomic mass is 35.5. The first-order valence-electron chi connectivity index (χ1n) is 6.86. The highest BCUT2D eigenvalue weighted by molar-refractivity contribution is 5.97. The van der Waals surface area contributed by atoms with E-state index < -0.39 is 0 Å². The van der Waals surface area contributed by atoms with Crippen molar-refractivity contribution in [1.82, 2.24) is 0 Å². The van der Waals surface area contributed by atoms with E-state index in [4.69, 9.17) is 10.5 Å². The van der Waals surface area contributed by atoms with Crippen LogP contribution in [0.5, 0.6) is 5.75 Å². The Morgan fingerprint density at radius 2 is 1.78 bits per heavy atom. The fraction of sp³-hybridized carbons (Fsp3) is 0.235. The molecular weight excluding hydrogens is 338 g/mol. The van der Waals surface area contributed by atoms with E-state index in [1.807, 2.05) is 44.2 Å². The van der Waals surface area contributed by atoms with Gasteiger partial charge in [0.1, 0.15) is 24.0 Å². The van der Waals surface area contributed by atoms with Crippen molar-refractivity contribution in [2.75, 3.05) is 0 Å². The van der Waals surface area contributed by atoms with E-state index in [0.29, 0.717) is 22.7 Å². The summed E-state index contributed by atoms with van der Waals surface area (Å²) in [4.78, 5) is 4.21. The molecule has 0 aliphatic rings. The monoisotopic (exact) mass is 358 g/mol. The van der Waals surface area contributed by atoms with Gasteiger partial charge in [-0.1, -0.05) is 30.3 Å². The zero-order chi connectivity index (χ0) is 15.2. The molecule has 0 heterocycles. The summed E-state index contributed by atoms with van der Waals surface area (Å²) in [6.07, 6.45) is 0. The minimum absolute atomic E-state index is 0. The Morgan fingerprint density at radius 1 is 1.13 bits per heavy atom. The number of aliphatic imine (C=N–C) groups is 1. The average molecular weight is 359 g/mol. The Kier molecular flexibility index (Phi) is 9.30. The smallest absolute Gasteiger partial charge is 0.130 e. The van der Waals surface area contributed by atoms with Gasteiger partial charge >= 0.3 is 0 Å². The first-order chi connectivity index (χ1) is 10.1. The molecule has 126 valence electrons.